The van der Waals surface area contributed by atoms with Crippen LogP contribution in [0.15, 0.2) is 48.5 Å². The summed E-state index contributed by atoms with van der Waals surface area (Å²) in [7, 11) is 3.68. The van der Waals surface area contributed by atoms with Gasteiger partial charge in [-0.05, 0) is 74.7 Å². The van der Waals surface area contributed by atoms with Crippen LogP contribution in [-0.2, 0) is 14.3 Å². The summed E-state index contributed by atoms with van der Waals surface area (Å²) in [5, 5.41) is 3.22. The van der Waals surface area contributed by atoms with E-state index >= 15 is 0 Å². The lowest BCUT2D eigenvalue weighted by Crippen LogP contribution is -2.48. The molecule has 208 valence electrons. The molecule has 2 aliphatic rings. The van der Waals surface area contributed by atoms with Crippen molar-refractivity contribution in [1.82, 2.24) is 14.7 Å². The van der Waals surface area contributed by atoms with Crippen LogP contribution in [0, 0.1) is 0 Å². The number of anilines is 2. The van der Waals surface area contributed by atoms with E-state index in [-0.39, 0.29) is 24.8 Å². The molecule has 2 amide bonds. The van der Waals surface area contributed by atoms with Crippen LogP contribution in [0.5, 0.6) is 5.75 Å². The van der Waals surface area contributed by atoms with Crippen molar-refractivity contribution in [3.63, 3.8) is 0 Å². The molecule has 0 aromatic heterocycles. The highest BCUT2D eigenvalue weighted by Gasteiger charge is 2.44. The average Bonchev–Trinajstić information content (AvgIpc) is 3.17. The fourth-order valence-electron chi connectivity index (χ4n) is 4.67. The van der Waals surface area contributed by atoms with E-state index in [0.29, 0.717) is 34.3 Å². The van der Waals surface area contributed by atoms with Crippen molar-refractivity contribution < 1.29 is 23.9 Å². The van der Waals surface area contributed by atoms with Crippen LogP contribution in [0.2, 0.25) is 0 Å². The smallest absolute Gasteiger partial charge is 0.338 e. The number of rotatable bonds is 10. The lowest BCUT2D eigenvalue weighted by atomic mass is 10.1. The Bertz CT molecular complexity index is 1180. The highest BCUT2D eigenvalue weighted by Crippen LogP contribution is 2.28. The third-order valence-electron chi connectivity index (χ3n) is 6.96. The first-order valence-electron chi connectivity index (χ1n) is 13.1. The Labute approximate surface area is 234 Å². The SMILES string of the molecule is CCOC(=O)c1ccc(N2C(=O)[C@H](CC(=O)Nc3ccc(OC)cc3)N(CCN3CCN(C)CC3)C2=S)cc1. The zero-order valence-electron chi connectivity index (χ0n) is 22.6. The third-order valence-corrected chi connectivity index (χ3v) is 7.38. The number of benzene rings is 2. The molecule has 2 aromatic rings. The molecule has 1 atom stereocenters. The molecular weight excluding hydrogens is 518 g/mol. The fraction of sp³-hybridized carbons (Fsp3) is 0.429. The number of hydrogen-bond acceptors (Lipinski definition) is 8. The number of carbonyl (C=O) groups excluding carboxylic acids is 3. The highest BCUT2D eigenvalue weighted by molar-refractivity contribution is 7.80. The number of thiocarbonyl (C=S) groups is 1. The van der Waals surface area contributed by atoms with E-state index in [1.165, 1.54) is 4.90 Å². The van der Waals surface area contributed by atoms with Gasteiger partial charge in [0.1, 0.15) is 11.8 Å². The molecule has 0 unspecified atom stereocenters. The van der Waals surface area contributed by atoms with Crippen molar-refractivity contribution >= 4 is 46.5 Å². The molecule has 10 nitrogen and oxygen atoms in total. The molecule has 0 radical (unpaired) electrons. The van der Waals surface area contributed by atoms with E-state index in [1.807, 2.05) is 4.90 Å². The van der Waals surface area contributed by atoms with E-state index < -0.39 is 12.0 Å². The van der Waals surface area contributed by atoms with Gasteiger partial charge in [-0.15, -0.1) is 0 Å². The number of carbonyl (C=O) groups is 3. The molecule has 0 aliphatic carbocycles. The molecule has 2 fully saturated rings. The van der Waals surface area contributed by atoms with Crippen molar-refractivity contribution in [3.8, 4) is 5.75 Å². The van der Waals surface area contributed by atoms with E-state index in [0.717, 1.165) is 32.7 Å². The Morgan fingerprint density at radius 3 is 2.28 bits per heavy atom. The van der Waals surface area contributed by atoms with Crippen molar-refractivity contribution in [2.24, 2.45) is 0 Å². The van der Waals surface area contributed by atoms with Gasteiger partial charge in [-0.2, -0.15) is 0 Å². The van der Waals surface area contributed by atoms with Crippen LogP contribution in [0.3, 0.4) is 0 Å². The van der Waals surface area contributed by atoms with Gasteiger partial charge in [0.15, 0.2) is 5.11 Å². The van der Waals surface area contributed by atoms with Gasteiger partial charge in [0.2, 0.25) is 5.91 Å². The zero-order chi connectivity index (χ0) is 27.9. The number of amides is 2. The number of methoxy groups -OCH3 is 1. The third kappa shape index (κ3) is 6.92. The molecule has 0 saturated carbocycles. The predicted octanol–water partition coefficient (Wildman–Crippen LogP) is 2.45. The van der Waals surface area contributed by atoms with Crippen molar-refractivity contribution in [3.05, 3.63) is 54.1 Å². The van der Waals surface area contributed by atoms with Crippen LogP contribution < -0.4 is 15.0 Å². The Morgan fingerprint density at radius 2 is 1.67 bits per heavy atom. The van der Waals surface area contributed by atoms with Crippen LogP contribution in [0.25, 0.3) is 0 Å². The molecular formula is C28H35N5O5S. The van der Waals surface area contributed by atoms with Gasteiger partial charge in [-0.1, -0.05) is 0 Å². The lowest BCUT2D eigenvalue weighted by molar-refractivity contribution is -0.124. The van der Waals surface area contributed by atoms with Crippen molar-refractivity contribution in [2.45, 2.75) is 19.4 Å². The molecule has 2 aliphatic heterocycles. The monoisotopic (exact) mass is 553 g/mol. The minimum absolute atomic E-state index is 0.0504. The van der Waals surface area contributed by atoms with Crippen molar-refractivity contribution in [1.29, 1.82) is 0 Å². The molecule has 2 heterocycles. The standard InChI is InChI=1S/C28H35N5O5S/c1-4-38-27(36)20-5-9-22(10-6-20)33-26(35)24(19-25(34)29-21-7-11-23(37-3)12-8-21)32(28(33)39)18-17-31-15-13-30(2)14-16-31/h5-12,24H,4,13-19H2,1-3H3,(H,29,34)/t24-/m0/s1. The second-order valence-corrected chi connectivity index (χ2v) is 9.92. The maximum absolute atomic E-state index is 13.7. The lowest BCUT2D eigenvalue weighted by Gasteiger charge is -2.34. The minimum Gasteiger partial charge on any atom is -0.497 e. The number of ether oxygens (including phenoxy) is 2. The van der Waals surface area contributed by atoms with Gasteiger partial charge in [0.25, 0.3) is 5.91 Å². The van der Waals surface area contributed by atoms with E-state index in [1.54, 1.807) is 62.6 Å². The maximum atomic E-state index is 13.7. The van der Waals surface area contributed by atoms with Gasteiger partial charge in [-0.3, -0.25) is 19.4 Å². The summed E-state index contributed by atoms with van der Waals surface area (Å²) in [5.41, 5.74) is 1.55. The maximum Gasteiger partial charge on any atom is 0.338 e. The molecule has 0 bridgehead atoms. The molecule has 2 aromatic carbocycles. The number of piperazine rings is 1. The Morgan fingerprint density at radius 1 is 1.00 bits per heavy atom. The molecule has 0 spiro atoms. The van der Waals surface area contributed by atoms with Crippen molar-refractivity contribution in [2.75, 3.05) is 70.2 Å². The van der Waals surface area contributed by atoms with Gasteiger partial charge >= 0.3 is 5.97 Å². The molecule has 4 rings (SSSR count). The van der Waals surface area contributed by atoms with E-state index in [4.69, 9.17) is 21.7 Å². The van der Waals surface area contributed by atoms with Crippen LogP contribution in [-0.4, -0.2) is 104 Å². The number of likely N-dealkylation sites (N-methyl/N-ethyl adjacent to an activating group) is 1. The summed E-state index contributed by atoms with van der Waals surface area (Å²) >= 11 is 5.79. The quantitative estimate of drug-likeness (QED) is 0.352. The largest absolute Gasteiger partial charge is 0.497 e. The highest BCUT2D eigenvalue weighted by atomic mass is 32.1. The number of nitrogens with zero attached hydrogens (tertiary/aromatic N) is 4. The topological polar surface area (TPSA) is 94.7 Å². The molecule has 2 saturated heterocycles. The first-order valence-corrected chi connectivity index (χ1v) is 13.5. The summed E-state index contributed by atoms with van der Waals surface area (Å²) in [6.45, 7) is 7.11. The summed E-state index contributed by atoms with van der Waals surface area (Å²) in [5.74, 6) is -0.303. The fourth-order valence-corrected chi connectivity index (χ4v) is 5.08. The Hall–Kier alpha value is -3.54. The van der Waals surface area contributed by atoms with Crippen LogP contribution in [0.1, 0.15) is 23.7 Å². The molecule has 1 N–H and O–H groups in total. The van der Waals surface area contributed by atoms with Gasteiger partial charge in [0, 0.05) is 45.0 Å². The van der Waals surface area contributed by atoms with E-state index in [9.17, 15) is 14.4 Å². The van der Waals surface area contributed by atoms with Gasteiger partial charge in [0.05, 0.1) is 31.4 Å². The Kier molecular flexibility index (Phi) is 9.50. The summed E-state index contributed by atoms with van der Waals surface area (Å²) in [4.78, 5) is 46.8. The average molecular weight is 554 g/mol. The molecule has 11 heteroatoms. The van der Waals surface area contributed by atoms with E-state index in [2.05, 4.69) is 22.2 Å². The Balaban J connectivity index is 1.51. The van der Waals surface area contributed by atoms with Gasteiger partial charge in [-0.25, -0.2) is 4.79 Å². The minimum atomic E-state index is -0.743. The molecule has 39 heavy (non-hydrogen) atoms. The number of esters is 1. The summed E-state index contributed by atoms with van der Waals surface area (Å²) < 4.78 is 10.2. The number of hydrogen-bond donors (Lipinski definition) is 1. The second kappa shape index (κ2) is 13.0. The normalized spacial score (nSPS) is 18.4. The van der Waals surface area contributed by atoms with Crippen LogP contribution >= 0.6 is 12.2 Å². The summed E-state index contributed by atoms with van der Waals surface area (Å²) in [6, 6.07) is 12.9. The first kappa shape index (κ1) is 28.5. The predicted molar refractivity (Wildman–Crippen MR) is 153 cm³/mol. The summed E-state index contributed by atoms with van der Waals surface area (Å²) in [6.07, 6.45) is -0.0504. The first-order chi connectivity index (χ1) is 18.8. The van der Waals surface area contributed by atoms with Gasteiger partial charge < -0.3 is 24.6 Å². The number of nitrogens with one attached hydrogen (secondary N) is 1. The zero-order valence-corrected chi connectivity index (χ0v) is 23.4. The van der Waals surface area contributed by atoms with Crippen LogP contribution in [0.4, 0.5) is 11.4 Å². The second-order valence-electron chi connectivity index (χ2n) is 9.56.